The average molecular weight is 367 g/mol. The molecule has 3 aromatic rings. The molecule has 3 rings (SSSR count). The molecule has 0 bridgehead atoms. The predicted octanol–water partition coefficient (Wildman–Crippen LogP) is 6.39. The van der Waals surface area contributed by atoms with Crippen molar-refractivity contribution < 1.29 is 17.6 Å². The summed E-state index contributed by atoms with van der Waals surface area (Å²) in [7, 11) is 0. The molecule has 0 spiro atoms. The molecule has 0 N–H and O–H groups in total. The molecule has 0 amide bonds. The van der Waals surface area contributed by atoms with E-state index in [4.69, 9.17) is 4.42 Å². The highest BCUT2D eigenvalue weighted by Gasteiger charge is 2.37. The van der Waals surface area contributed by atoms with E-state index < -0.39 is 11.7 Å². The summed E-state index contributed by atoms with van der Waals surface area (Å²) in [5, 5.41) is 0. The van der Waals surface area contributed by atoms with Crippen molar-refractivity contribution in [3.05, 3.63) is 70.7 Å². The number of halogens is 4. The minimum Gasteiger partial charge on any atom is -0.455 e. The fraction of sp³-hybridized carbons (Fsp3) is 0.0588. The molecule has 0 atom stereocenters. The van der Waals surface area contributed by atoms with E-state index in [-0.39, 0.29) is 11.5 Å². The molecule has 0 radical (unpaired) electrons. The van der Waals surface area contributed by atoms with Gasteiger partial charge in [0.25, 0.3) is 0 Å². The molecular weight excluding hydrogens is 357 g/mol. The molecule has 1 aromatic heterocycles. The van der Waals surface area contributed by atoms with Crippen molar-refractivity contribution in [1.82, 2.24) is 0 Å². The third-order valence-electron chi connectivity index (χ3n) is 3.20. The highest BCUT2D eigenvalue weighted by Crippen LogP contribution is 2.41. The Morgan fingerprint density at radius 3 is 2.05 bits per heavy atom. The Labute approximate surface area is 133 Å². The molecular formula is C17H10BrF3O. The van der Waals surface area contributed by atoms with Gasteiger partial charge < -0.3 is 4.42 Å². The van der Waals surface area contributed by atoms with Crippen molar-refractivity contribution in [1.29, 1.82) is 0 Å². The third kappa shape index (κ3) is 2.95. The number of rotatable bonds is 2. The van der Waals surface area contributed by atoms with Gasteiger partial charge in [-0.15, -0.1) is 0 Å². The van der Waals surface area contributed by atoms with Gasteiger partial charge in [-0.2, -0.15) is 13.2 Å². The lowest BCUT2D eigenvalue weighted by molar-refractivity contribution is -0.137. The number of benzene rings is 2. The topological polar surface area (TPSA) is 13.1 Å². The van der Waals surface area contributed by atoms with Crippen LogP contribution in [0.5, 0.6) is 0 Å². The summed E-state index contributed by atoms with van der Waals surface area (Å²) < 4.78 is 46.1. The minimum absolute atomic E-state index is 0.161. The molecule has 2 aromatic carbocycles. The van der Waals surface area contributed by atoms with Crippen LogP contribution in [0, 0.1) is 0 Å². The van der Waals surface area contributed by atoms with Gasteiger partial charge in [0.1, 0.15) is 17.1 Å². The predicted molar refractivity (Wildman–Crippen MR) is 82.3 cm³/mol. The molecule has 0 fully saturated rings. The Morgan fingerprint density at radius 2 is 1.45 bits per heavy atom. The van der Waals surface area contributed by atoms with Crippen LogP contribution in [0.3, 0.4) is 0 Å². The summed E-state index contributed by atoms with van der Waals surface area (Å²) in [5.41, 5.74) is 0.227. The Hall–Kier alpha value is -2.01. The fourth-order valence-electron chi connectivity index (χ4n) is 2.16. The third-order valence-corrected chi connectivity index (χ3v) is 3.73. The van der Waals surface area contributed by atoms with Crippen LogP contribution in [0.25, 0.3) is 22.6 Å². The van der Waals surface area contributed by atoms with Crippen LogP contribution in [0.4, 0.5) is 13.2 Å². The quantitative estimate of drug-likeness (QED) is 0.511. The van der Waals surface area contributed by atoms with Crippen molar-refractivity contribution in [2.75, 3.05) is 0 Å². The minimum atomic E-state index is -4.47. The van der Waals surface area contributed by atoms with Gasteiger partial charge in [-0.25, -0.2) is 0 Å². The maximum absolute atomic E-state index is 13.3. The summed E-state index contributed by atoms with van der Waals surface area (Å²) in [6.07, 6.45) is -4.47. The van der Waals surface area contributed by atoms with Crippen LogP contribution in [0.15, 0.2) is 69.6 Å². The van der Waals surface area contributed by atoms with Gasteiger partial charge in [-0.1, -0.05) is 58.4 Å². The average Bonchev–Trinajstić information content (AvgIpc) is 2.94. The first-order valence-corrected chi connectivity index (χ1v) is 7.27. The lowest BCUT2D eigenvalue weighted by atomic mass is 10.1. The highest BCUT2D eigenvalue weighted by molar-refractivity contribution is 9.10. The van der Waals surface area contributed by atoms with Gasteiger partial charge >= 0.3 is 6.18 Å². The lowest BCUT2D eigenvalue weighted by Gasteiger charge is -2.05. The second kappa shape index (κ2) is 5.65. The molecule has 0 saturated carbocycles. The highest BCUT2D eigenvalue weighted by atomic mass is 79.9. The molecule has 0 aliphatic rings. The molecule has 0 unspecified atom stereocenters. The summed E-state index contributed by atoms with van der Waals surface area (Å²) in [5.74, 6) is 0.0321. The van der Waals surface area contributed by atoms with Gasteiger partial charge in [-0.05, 0) is 18.2 Å². The van der Waals surface area contributed by atoms with Gasteiger partial charge in [0.2, 0.25) is 0 Å². The smallest absolute Gasteiger partial charge is 0.420 e. The van der Waals surface area contributed by atoms with E-state index in [1.165, 1.54) is 0 Å². The van der Waals surface area contributed by atoms with E-state index in [0.717, 1.165) is 10.5 Å². The number of hydrogen-bond donors (Lipinski definition) is 0. The zero-order valence-electron chi connectivity index (χ0n) is 11.2. The maximum atomic E-state index is 13.3. The lowest BCUT2D eigenvalue weighted by Crippen LogP contribution is -2.04. The molecule has 0 aliphatic carbocycles. The first-order valence-electron chi connectivity index (χ1n) is 6.47. The zero-order valence-corrected chi connectivity index (χ0v) is 12.8. The van der Waals surface area contributed by atoms with Crippen LogP contribution in [-0.4, -0.2) is 0 Å². The summed E-state index contributed by atoms with van der Waals surface area (Å²) in [6, 6.07) is 16.3. The Kier molecular flexibility index (Phi) is 3.83. The number of furan rings is 1. The molecule has 22 heavy (non-hydrogen) atoms. The SMILES string of the molecule is FC(F)(F)c1cc(-c2ccc(Br)cc2)oc1-c1ccccc1. The van der Waals surface area contributed by atoms with Gasteiger partial charge in [0.15, 0.2) is 0 Å². The molecule has 0 saturated heterocycles. The van der Waals surface area contributed by atoms with E-state index in [9.17, 15) is 13.2 Å². The maximum Gasteiger partial charge on any atom is 0.420 e. The van der Waals surface area contributed by atoms with Crippen LogP contribution in [0.2, 0.25) is 0 Å². The van der Waals surface area contributed by atoms with E-state index in [2.05, 4.69) is 15.9 Å². The Balaban J connectivity index is 2.15. The molecule has 112 valence electrons. The van der Waals surface area contributed by atoms with Gasteiger partial charge in [0.05, 0.1) is 0 Å². The monoisotopic (exact) mass is 366 g/mol. The Morgan fingerprint density at radius 1 is 0.818 bits per heavy atom. The van der Waals surface area contributed by atoms with E-state index in [1.54, 1.807) is 54.6 Å². The van der Waals surface area contributed by atoms with Crippen molar-refractivity contribution in [3.8, 4) is 22.6 Å². The number of hydrogen-bond acceptors (Lipinski definition) is 1. The largest absolute Gasteiger partial charge is 0.455 e. The van der Waals surface area contributed by atoms with E-state index in [0.29, 0.717) is 11.1 Å². The molecule has 1 heterocycles. The fourth-order valence-corrected chi connectivity index (χ4v) is 2.43. The van der Waals surface area contributed by atoms with E-state index >= 15 is 0 Å². The van der Waals surface area contributed by atoms with Crippen LogP contribution < -0.4 is 0 Å². The van der Waals surface area contributed by atoms with Crippen LogP contribution >= 0.6 is 15.9 Å². The normalized spacial score (nSPS) is 11.6. The zero-order chi connectivity index (χ0) is 15.7. The van der Waals surface area contributed by atoms with Gasteiger partial charge in [-0.3, -0.25) is 0 Å². The standard InChI is InChI=1S/C17H10BrF3O/c18-13-8-6-11(7-9-13)15-10-14(17(19,20)21)16(22-15)12-4-2-1-3-5-12/h1-10H. The van der Waals surface area contributed by atoms with E-state index in [1.807, 2.05) is 0 Å². The second-order valence-electron chi connectivity index (χ2n) is 4.72. The van der Waals surface area contributed by atoms with Crippen molar-refractivity contribution in [3.63, 3.8) is 0 Å². The van der Waals surface area contributed by atoms with Crippen molar-refractivity contribution in [2.24, 2.45) is 0 Å². The summed E-state index contributed by atoms with van der Waals surface area (Å²) in [4.78, 5) is 0. The Bertz CT molecular complexity index is 774. The van der Waals surface area contributed by atoms with Crippen LogP contribution in [0.1, 0.15) is 5.56 Å². The second-order valence-corrected chi connectivity index (χ2v) is 5.64. The van der Waals surface area contributed by atoms with Crippen molar-refractivity contribution >= 4 is 15.9 Å². The molecule has 5 heteroatoms. The summed E-state index contributed by atoms with van der Waals surface area (Å²) >= 11 is 3.30. The first-order chi connectivity index (χ1) is 10.4. The van der Waals surface area contributed by atoms with Crippen LogP contribution in [-0.2, 0) is 6.18 Å². The first kappa shape index (κ1) is 14.9. The molecule has 1 nitrogen and oxygen atoms in total. The number of alkyl halides is 3. The van der Waals surface area contributed by atoms with Crippen molar-refractivity contribution in [2.45, 2.75) is 6.18 Å². The summed E-state index contributed by atoms with van der Waals surface area (Å²) in [6.45, 7) is 0. The van der Waals surface area contributed by atoms with Gasteiger partial charge in [0, 0.05) is 15.6 Å². The molecule has 0 aliphatic heterocycles.